The largest absolute Gasteiger partial charge is 0.245 e. The Balaban J connectivity index is 2.35. The number of hydrogen-bond acceptors (Lipinski definition) is 2. The molecule has 3 nitrogen and oxygen atoms in total. The van der Waals surface area contributed by atoms with Crippen LogP contribution in [0.4, 0.5) is 4.39 Å². The number of halogens is 1. The third-order valence-electron chi connectivity index (χ3n) is 3.08. The van der Waals surface area contributed by atoms with Crippen molar-refractivity contribution in [3.05, 3.63) is 30.1 Å². The minimum absolute atomic E-state index is 0.0320. The highest BCUT2D eigenvalue weighted by molar-refractivity contribution is 7.89. The highest BCUT2D eigenvalue weighted by atomic mass is 32.2. The molecular weight excluding hydrogens is 229 g/mol. The summed E-state index contributed by atoms with van der Waals surface area (Å²) in [6, 6.07) is 5.52. The standard InChI is InChI=1S/C11H14FNO2S/c1-13(9-5-4-6-9)16(14,15)11-8-3-2-7-10(11)12/h2-3,7-9H,4-6H2,1H3. The summed E-state index contributed by atoms with van der Waals surface area (Å²) >= 11 is 0. The molecule has 1 saturated carbocycles. The molecule has 0 N–H and O–H groups in total. The highest BCUT2D eigenvalue weighted by Gasteiger charge is 2.32. The van der Waals surface area contributed by atoms with Crippen molar-refractivity contribution < 1.29 is 12.8 Å². The van der Waals surface area contributed by atoms with E-state index in [4.69, 9.17) is 0 Å². The highest BCUT2D eigenvalue weighted by Crippen LogP contribution is 2.29. The number of nitrogens with zero attached hydrogens (tertiary/aromatic N) is 1. The fourth-order valence-corrected chi connectivity index (χ4v) is 3.23. The van der Waals surface area contributed by atoms with E-state index in [0.717, 1.165) is 19.3 Å². The maximum Gasteiger partial charge on any atom is 0.245 e. The van der Waals surface area contributed by atoms with Gasteiger partial charge in [0, 0.05) is 13.1 Å². The van der Waals surface area contributed by atoms with Gasteiger partial charge in [0.1, 0.15) is 10.7 Å². The van der Waals surface area contributed by atoms with Gasteiger partial charge < -0.3 is 0 Å². The Labute approximate surface area is 94.9 Å². The summed E-state index contributed by atoms with van der Waals surface area (Å²) in [5.74, 6) is -0.686. The van der Waals surface area contributed by atoms with Crippen molar-refractivity contribution in [3.63, 3.8) is 0 Å². The maximum atomic E-state index is 13.4. The summed E-state index contributed by atoms with van der Waals surface area (Å²) in [4.78, 5) is -0.232. The Morgan fingerprint density at radius 1 is 1.31 bits per heavy atom. The molecule has 0 aliphatic heterocycles. The summed E-state index contributed by atoms with van der Waals surface area (Å²) in [6.45, 7) is 0. The molecule has 0 atom stereocenters. The predicted octanol–water partition coefficient (Wildman–Crippen LogP) is 2.00. The lowest BCUT2D eigenvalue weighted by Gasteiger charge is -2.33. The summed E-state index contributed by atoms with van der Waals surface area (Å²) in [5.41, 5.74) is 0. The van der Waals surface area contributed by atoms with Gasteiger partial charge in [-0.3, -0.25) is 0 Å². The minimum Gasteiger partial charge on any atom is -0.207 e. The van der Waals surface area contributed by atoms with Crippen molar-refractivity contribution in [1.29, 1.82) is 0 Å². The monoisotopic (exact) mass is 243 g/mol. The first-order valence-electron chi connectivity index (χ1n) is 5.26. The fourth-order valence-electron chi connectivity index (χ4n) is 1.76. The molecular formula is C11H14FNO2S. The number of benzene rings is 1. The maximum absolute atomic E-state index is 13.4. The van der Waals surface area contributed by atoms with Crippen LogP contribution in [0.15, 0.2) is 29.2 Å². The van der Waals surface area contributed by atoms with E-state index in [1.54, 1.807) is 0 Å². The minimum atomic E-state index is -3.67. The molecule has 0 bridgehead atoms. The molecule has 0 spiro atoms. The smallest absolute Gasteiger partial charge is 0.207 e. The van der Waals surface area contributed by atoms with E-state index in [1.807, 2.05) is 0 Å². The van der Waals surface area contributed by atoms with Gasteiger partial charge in [0.15, 0.2) is 0 Å². The number of rotatable bonds is 3. The van der Waals surface area contributed by atoms with Crippen LogP contribution in [0.3, 0.4) is 0 Å². The van der Waals surface area contributed by atoms with Crippen LogP contribution in [0.1, 0.15) is 19.3 Å². The molecule has 0 amide bonds. The van der Waals surface area contributed by atoms with Crippen LogP contribution in [-0.4, -0.2) is 25.8 Å². The van der Waals surface area contributed by atoms with Crippen molar-refractivity contribution in [2.45, 2.75) is 30.2 Å². The zero-order chi connectivity index (χ0) is 11.8. The quantitative estimate of drug-likeness (QED) is 0.814. The second kappa shape index (κ2) is 4.14. The van der Waals surface area contributed by atoms with Crippen LogP contribution in [0, 0.1) is 5.82 Å². The number of hydrogen-bond donors (Lipinski definition) is 0. The van der Waals surface area contributed by atoms with E-state index in [2.05, 4.69) is 0 Å². The van der Waals surface area contributed by atoms with Gasteiger partial charge in [-0.05, 0) is 25.0 Å². The van der Waals surface area contributed by atoms with Crippen LogP contribution in [0.2, 0.25) is 0 Å². The van der Waals surface area contributed by atoms with E-state index in [1.165, 1.54) is 35.6 Å². The van der Waals surface area contributed by atoms with Gasteiger partial charge in [-0.15, -0.1) is 0 Å². The molecule has 1 aromatic rings. The molecule has 1 aromatic carbocycles. The van der Waals surface area contributed by atoms with E-state index in [0.29, 0.717) is 0 Å². The SMILES string of the molecule is CN(C1CCC1)S(=O)(=O)c1ccccc1F. The van der Waals surface area contributed by atoms with Gasteiger partial charge in [-0.25, -0.2) is 12.8 Å². The molecule has 5 heteroatoms. The molecule has 0 heterocycles. The first-order chi connectivity index (χ1) is 7.53. The van der Waals surface area contributed by atoms with E-state index >= 15 is 0 Å². The van der Waals surface area contributed by atoms with Crippen LogP contribution in [0.25, 0.3) is 0 Å². The summed E-state index contributed by atoms with van der Waals surface area (Å²) in [7, 11) is -2.15. The molecule has 88 valence electrons. The molecule has 0 unspecified atom stereocenters. The molecule has 1 aliphatic rings. The number of sulfonamides is 1. The molecule has 2 rings (SSSR count). The molecule has 16 heavy (non-hydrogen) atoms. The second-order valence-electron chi connectivity index (χ2n) is 4.04. The van der Waals surface area contributed by atoms with Gasteiger partial charge in [0.25, 0.3) is 0 Å². The van der Waals surface area contributed by atoms with Crippen LogP contribution >= 0.6 is 0 Å². The van der Waals surface area contributed by atoms with E-state index < -0.39 is 15.8 Å². The first-order valence-corrected chi connectivity index (χ1v) is 6.70. The second-order valence-corrected chi connectivity index (χ2v) is 6.00. The van der Waals surface area contributed by atoms with Gasteiger partial charge in [-0.1, -0.05) is 18.6 Å². The first kappa shape index (κ1) is 11.5. The van der Waals surface area contributed by atoms with E-state index in [9.17, 15) is 12.8 Å². The van der Waals surface area contributed by atoms with Crippen LogP contribution < -0.4 is 0 Å². The fraction of sp³-hybridized carbons (Fsp3) is 0.455. The van der Waals surface area contributed by atoms with Gasteiger partial charge in [0.2, 0.25) is 10.0 Å². The van der Waals surface area contributed by atoms with Crippen LogP contribution in [0.5, 0.6) is 0 Å². The van der Waals surface area contributed by atoms with Crippen molar-refractivity contribution in [2.24, 2.45) is 0 Å². The van der Waals surface area contributed by atoms with Crippen LogP contribution in [-0.2, 0) is 10.0 Å². The Morgan fingerprint density at radius 2 is 1.94 bits per heavy atom. The molecule has 0 radical (unpaired) electrons. The van der Waals surface area contributed by atoms with Gasteiger partial charge in [-0.2, -0.15) is 4.31 Å². The summed E-state index contributed by atoms with van der Waals surface area (Å²) in [5, 5.41) is 0. The average Bonchev–Trinajstić information content (AvgIpc) is 2.15. The van der Waals surface area contributed by atoms with E-state index in [-0.39, 0.29) is 10.9 Å². The Bertz CT molecular complexity index is 483. The molecule has 1 fully saturated rings. The normalized spacial score (nSPS) is 17.4. The Morgan fingerprint density at radius 3 is 2.44 bits per heavy atom. The summed E-state index contributed by atoms with van der Waals surface area (Å²) < 4.78 is 38.9. The predicted molar refractivity (Wildman–Crippen MR) is 59.0 cm³/mol. The summed E-state index contributed by atoms with van der Waals surface area (Å²) in [6.07, 6.45) is 2.77. The van der Waals surface area contributed by atoms with Crippen molar-refractivity contribution >= 4 is 10.0 Å². The zero-order valence-electron chi connectivity index (χ0n) is 9.06. The molecule has 0 aromatic heterocycles. The average molecular weight is 243 g/mol. The lowest BCUT2D eigenvalue weighted by atomic mass is 9.94. The van der Waals surface area contributed by atoms with Crippen molar-refractivity contribution in [1.82, 2.24) is 4.31 Å². The third-order valence-corrected chi connectivity index (χ3v) is 5.03. The molecule has 0 saturated heterocycles. The topological polar surface area (TPSA) is 37.4 Å². The Kier molecular flexibility index (Phi) is 2.99. The van der Waals surface area contributed by atoms with Crippen molar-refractivity contribution in [3.8, 4) is 0 Å². The third kappa shape index (κ3) is 1.85. The van der Waals surface area contributed by atoms with Gasteiger partial charge in [0.05, 0.1) is 0 Å². The zero-order valence-corrected chi connectivity index (χ0v) is 9.87. The Hall–Kier alpha value is -0.940. The lowest BCUT2D eigenvalue weighted by molar-refractivity contribution is 0.249. The molecule has 1 aliphatic carbocycles. The van der Waals surface area contributed by atoms with Gasteiger partial charge >= 0.3 is 0 Å². The van der Waals surface area contributed by atoms with Crippen molar-refractivity contribution in [2.75, 3.05) is 7.05 Å². The lowest BCUT2D eigenvalue weighted by Crippen LogP contribution is -2.41.